The molecule has 2 aliphatic carbocycles. The van der Waals surface area contributed by atoms with Crippen LogP contribution in [0.3, 0.4) is 0 Å². The maximum atomic E-state index is 12.9. The number of hydrogen-bond donors (Lipinski definition) is 1. The van der Waals surface area contributed by atoms with Crippen molar-refractivity contribution in [2.45, 2.75) is 76.8 Å². The monoisotopic (exact) mass is 278 g/mol. The van der Waals surface area contributed by atoms with Gasteiger partial charge in [-0.25, -0.2) is 0 Å². The largest absolute Gasteiger partial charge is 0.338 e. The van der Waals surface area contributed by atoms with Crippen LogP contribution >= 0.6 is 0 Å². The summed E-state index contributed by atoms with van der Waals surface area (Å²) in [7, 11) is 0. The summed E-state index contributed by atoms with van der Waals surface area (Å²) in [6.07, 6.45) is 11.7. The summed E-state index contributed by atoms with van der Waals surface area (Å²) in [4.78, 5) is 15.2. The molecule has 3 fully saturated rings. The molecule has 3 aliphatic rings. The Morgan fingerprint density at radius 2 is 1.80 bits per heavy atom. The number of hydrogen-bond acceptors (Lipinski definition) is 2. The van der Waals surface area contributed by atoms with E-state index in [1.54, 1.807) is 0 Å². The molecular formula is C17H30N2O. The van der Waals surface area contributed by atoms with Gasteiger partial charge in [-0.1, -0.05) is 26.2 Å². The van der Waals surface area contributed by atoms with Gasteiger partial charge in [-0.15, -0.1) is 0 Å². The van der Waals surface area contributed by atoms with Gasteiger partial charge in [-0.2, -0.15) is 0 Å². The fourth-order valence-corrected chi connectivity index (χ4v) is 4.01. The molecule has 1 saturated heterocycles. The van der Waals surface area contributed by atoms with Crippen molar-refractivity contribution in [3.63, 3.8) is 0 Å². The molecule has 0 radical (unpaired) electrons. The molecule has 0 spiro atoms. The van der Waals surface area contributed by atoms with Crippen LogP contribution in [0, 0.1) is 11.8 Å². The average molecular weight is 278 g/mol. The predicted octanol–water partition coefficient (Wildman–Crippen LogP) is 2.95. The molecule has 1 aliphatic heterocycles. The van der Waals surface area contributed by atoms with E-state index in [2.05, 4.69) is 17.1 Å². The van der Waals surface area contributed by atoms with E-state index >= 15 is 0 Å². The van der Waals surface area contributed by atoms with E-state index in [0.717, 1.165) is 19.0 Å². The molecule has 114 valence electrons. The van der Waals surface area contributed by atoms with Gasteiger partial charge < -0.3 is 10.2 Å². The summed E-state index contributed by atoms with van der Waals surface area (Å²) in [6.45, 7) is 4.29. The van der Waals surface area contributed by atoms with Crippen molar-refractivity contribution in [3.05, 3.63) is 0 Å². The third kappa shape index (κ3) is 3.36. The molecule has 3 rings (SSSR count). The number of piperidine rings is 1. The van der Waals surface area contributed by atoms with Crippen molar-refractivity contribution in [1.82, 2.24) is 10.2 Å². The number of nitrogens with zero attached hydrogens (tertiary/aromatic N) is 1. The molecule has 2 atom stereocenters. The first kappa shape index (κ1) is 14.4. The second-order valence-corrected chi connectivity index (χ2v) is 7.28. The second kappa shape index (κ2) is 6.46. The van der Waals surface area contributed by atoms with E-state index in [1.165, 1.54) is 57.8 Å². The van der Waals surface area contributed by atoms with Gasteiger partial charge in [0.2, 0.25) is 5.91 Å². The first-order valence-electron chi connectivity index (χ1n) is 8.79. The molecule has 1 amide bonds. The van der Waals surface area contributed by atoms with Crippen LogP contribution in [0.15, 0.2) is 0 Å². The Balaban J connectivity index is 1.61. The summed E-state index contributed by atoms with van der Waals surface area (Å²) in [5, 5.41) is 3.48. The van der Waals surface area contributed by atoms with Gasteiger partial charge >= 0.3 is 0 Å². The summed E-state index contributed by atoms with van der Waals surface area (Å²) in [5.74, 6) is 1.68. The van der Waals surface area contributed by atoms with Crippen molar-refractivity contribution >= 4 is 5.91 Å². The highest BCUT2D eigenvalue weighted by Crippen LogP contribution is 2.32. The lowest BCUT2D eigenvalue weighted by atomic mass is 9.88. The number of carbonyl (C=O) groups is 1. The lowest BCUT2D eigenvalue weighted by molar-refractivity contribution is -0.136. The molecule has 20 heavy (non-hydrogen) atoms. The van der Waals surface area contributed by atoms with Crippen LogP contribution in [0.5, 0.6) is 0 Å². The minimum absolute atomic E-state index is 0.0907. The van der Waals surface area contributed by atoms with E-state index in [1.807, 2.05) is 0 Å². The highest BCUT2D eigenvalue weighted by Gasteiger charge is 2.39. The van der Waals surface area contributed by atoms with Crippen molar-refractivity contribution in [1.29, 1.82) is 0 Å². The summed E-state index contributed by atoms with van der Waals surface area (Å²) >= 11 is 0. The van der Waals surface area contributed by atoms with Gasteiger partial charge in [0.25, 0.3) is 0 Å². The van der Waals surface area contributed by atoms with Gasteiger partial charge in [0.15, 0.2) is 0 Å². The number of amides is 1. The minimum atomic E-state index is 0.0907. The summed E-state index contributed by atoms with van der Waals surface area (Å²) in [6, 6.07) is 0.660. The molecule has 0 aromatic heterocycles. The van der Waals surface area contributed by atoms with Crippen molar-refractivity contribution < 1.29 is 4.79 Å². The number of rotatable bonds is 4. The third-order valence-corrected chi connectivity index (χ3v) is 5.49. The topological polar surface area (TPSA) is 32.3 Å². The summed E-state index contributed by atoms with van der Waals surface area (Å²) < 4.78 is 0. The van der Waals surface area contributed by atoms with Gasteiger partial charge in [0.1, 0.15) is 0 Å². The van der Waals surface area contributed by atoms with Crippen molar-refractivity contribution in [2.24, 2.45) is 11.8 Å². The number of nitrogens with one attached hydrogen (secondary N) is 1. The highest BCUT2D eigenvalue weighted by atomic mass is 16.2. The van der Waals surface area contributed by atoms with Crippen molar-refractivity contribution in [2.75, 3.05) is 13.1 Å². The molecule has 3 nitrogen and oxygen atoms in total. The van der Waals surface area contributed by atoms with Crippen LogP contribution in [0.4, 0.5) is 0 Å². The fraction of sp³-hybridized carbons (Fsp3) is 0.941. The lowest BCUT2D eigenvalue weighted by Gasteiger charge is -2.36. The molecule has 1 heterocycles. The molecule has 0 aromatic rings. The smallest absolute Gasteiger partial charge is 0.240 e. The first-order valence-corrected chi connectivity index (χ1v) is 8.79. The average Bonchev–Trinajstić information content (AvgIpc) is 3.30. The zero-order valence-electron chi connectivity index (χ0n) is 12.9. The number of carbonyl (C=O) groups excluding carboxylic acids is 1. The second-order valence-electron chi connectivity index (χ2n) is 7.28. The molecule has 2 unspecified atom stereocenters. The van der Waals surface area contributed by atoms with E-state index in [4.69, 9.17) is 0 Å². The Bertz CT molecular complexity index is 334. The van der Waals surface area contributed by atoms with Crippen LogP contribution in [-0.2, 0) is 4.79 Å². The molecule has 1 N–H and O–H groups in total. The quantitative estimate of drug-likeness (QED) is 0.857. The molecular weight excluding hydrogens is 248 g/mol. The summed E-state index contributed by atoms with van der Waals surface area (Å²) in [5.41, 5.74) is 0. The Morgan fingerprint density at radius 3 is 2.45 bits per heavy atom. The van der Waals surface area contributed by atoms with Crippen molar-refractivity contribution in [3.8, 4) is 0 Å². The zero-order valence-corrected chi connectivity index (χ0v) is 12.9. The molecule has 0 aromatic carbocycles. The van der Waals surface area contributed by atoms with Gasteiger partial charge in [-0.3, -0.25) is 4.79 Å². The van der Waals surface area contributed by atoms with Crippen LogP contribution < -0.4 is 5.32 Å². The Hall–Kier alpha value is -0.570. The van der Waals surface area contributed by atoms with Crippen LogP contribution in [0.25, 0.3) is 0 Å². The van der Waals surface area contributed by atoms with Gasteiger partial charge in [0.05, 0.1) is 6.04 Å². The SMILES string of the molecule is CC1CCCNC1C(=O)N(CC1CCCCC1)C1CC1. The predicted molar refractivity (Wildman–Crippen MR) is 81.5 cm³/mol. The molecule has 3 heteroatoms. The van der Waals surface area contributed by atoms with E-state index < -0.39 is 0 Å². The van der Waals surface area contributed by atoms with Crippen LogP contribution in [0.2, 0.25) is 0 Å². The third-order valence-electron chi connectivity index (χ3n) is 5.49. The van der Waals surface area contributed by atoms with Gasteiger partial charge in [0, 0.05) is 12.6 Å². The Labute approximate surface area is 123 Å². The first-order chi connectivity index (χ1) is 9.75. The highest BCUT2D eigenvalue weighted by molar-refractivity contribution is 5.83. The minimum Gasteiger partial charge on any atom is -0.338 e. The maximum absolute atomic E-state index is 12.9. The van der Waals surface area contributed by atoms with E-state index in [0.29, 0.717) is 17.9 Å². The van der Waals surface area contributed by atoms with Gasteiger partial charge in [-0.05, 0) is 56.9 Å². The maximum Gasteiger partial charge on any atom is 0.240 e. The Kier molecular flexibility index (Phi) is 4.65. The zero-order chi connectivity index (χ0) is 13.9. The normalized spacial score (nSPS) is 32.0. The van der Waals surface area contributed by atoms with E-state index in [9.17, 15) is 4.79 Å². The van der Waals surface area contributed by atoms with E-state index in [-0.39, 0.29) is 6.04 Å². The fourth-order valence-electron chi connectivity index (χ4n) is 4.01. The Morgan fingerprint density at radius 1 is 1.05 bits per heavy atom. The standard InChI is InChI=1S/C17H30N2O/c1-13-6-5-11-18-16(13)17(20)19(15-9-10-15)12-14-7-3-2-4-8-14/h13-16,18H,2-12H2,1H3. The van der Waals surface area contributed by atoms with Crippen LogP contribution in [0.1, 0.15) is 64.7 Å². The lowest BCUT2D eigenvalue weighted by Crippen LogP contribution is -2.53. The molecule has 2 saturated carbocycles. The molecule has 0 bridgehead atoms. The van der Waals surface area contributed by atoms with Crippen LogP contribution in [-0.4, -0.2) is 36.0 Å².